The first-order valence-corrected chi connectivity index (χ1v) is 14.0. The van der Waals surface area contributed by atoms with Crippen molar-refractivity contribution in [2.24, 2.45) is 0 Å². The third-order valence-electron chi connectivity index (χ3n) is 8.97. The van der Waals surface area contributed by atoms with Crippen LogP contribution in [0.3, 0.4) is 0 Å². The Morgan fingerprint density at radius 2 is 2.19 bits per heavy atom. The number of hydrogen-bond acceptors (Lipinski definition) is 9. The van der Waals surface area contributed by atoms with Crippen LogP contribution in [0.4, 0.5) is 5.00 Å². The zero-order valence-electron chi connectivity index (χ0n) is 21.4. The van der Waals surface area contributed by atoms with Crippen LogP contribution in [-0.4, -0.2) is 49.4 Å². The van der Waals surface area contributed by atoms with Gasteiger partial charge < -0.3 is 15.2 Å². The molecule has 4 aromatic heterocycles. The molecule has 1 saturated heterocycles. The molecule has 3 aliphatic rings. The Hall–Kier alpha value is -3.29. The summed E-state index contributed by atoms with van der Waals surface area (Å²) in [6.45, 7) is 5.56. The largest absolute Gasteiger partial charge is 0.389 e. The number of anilines is 1. The SMILES string of the molecule is CC1CC2(CCCc3c(-c4ncc5cnn(C(C)C6CCCN6C)c5n4)noc32)c2c1sc(N)c2C#N. The van der Waals surface area contributed by atoms with E-state index in [0.717, 1.165) is 66.6 Å². The van der Waals surface area contributed by atoms with E-state index in [1.807, 2.05) is 17.1 Å². The van der Waals surface area contributed by atoms with Crippen LogP contribution < -0.4 is 5.73 Å². The van der Waals surface area contributed by atoms with Crippen molar-refractivity contribution in [3.05, 3.63) is 39.7 Å². The Balaban J connectivity index is 1.33. The van der Waals surface area contributed by atoms with Gasteiger partial charge in [0, 0.05) is 28.2 Å². The van der Waals surface area contributed by atoms with Crippen molar-refractivity contribution >= 4 is 27.4 Å². The molecule has 5 heterocycles. The van der Waals surface area contributed by atoms with Crippen LogP contribution in [0.15, 0.2) is 16.9 Å². The zero-order valence-corrected chi connectivity index (χ0v) is 22.2. The maximum atomic E-state index is 9.95. The molecule has 4 aromatic rings. The smallest absolute Gasteiger partial charge is 0.184 e. The predicted molar refractivity (Wildman–Crippen MR) is 141 cm³/mol. The number of nitriles is 1. The van der Waals surface area contributed by atoms with Gasteiger partial charge in [-0.2, -0.15) is 10.4 Å². The first-order valence-electron chi connectivity index (χ1n) is 13.2. The molecule has 190 valence electrons. The van der Waals surface area contributed by atoms with Gasteiger partial charge in [0.15, 0.2) is 22.9 Å². The number of nitrogens with zero attached hydrogens (tertiary/aromatic N) is 7. The van der Waals surface area contributed by atoms with Gasteiger partial charge in [-0.3, -0.25) is 0 Å². The van der Waals surface area contributed by atoms with E-state index in [-0.39, 0.29) is 11.5 Å². The highest BCUT2D eigenvalue weighted by atomic mass is 32.1. The van der Waals surface area contributed by atoms with Crippen molar-refractivity contribution in [2.45, 2.75) is 75.8 Å². The summed E-state index contributed by atoms with van der Waals surface area (Å²) in [4.78, 5) is 13.3. The minimum absolute atomic E-state index is 0.203. The standard InChI is InChI=1S/C27H30N8OS/c1-14-10-27(20-18(11-28)24(29)37-22(14)20)8-4-6-17-21(33-36-23(17)27)25-30-12-16-13-31-35(26(16)32-25)15(2)19-7-5-9-34(19)3/h12-15,19H,4-10,29H2,1-3H3. The molecule has 4 unspecified atom stereocenters. The summed E-state index contributed by atoms with van der Waals surface area (Å²) < 4.78 is 8.20. The Kier molecular flexibility index (Phi) is 5.01. The maximum Gasteiger partial charge on any atom is 0.184 e. The first kappa shape index (κ1) is 22.9. The molecule has 9 nitrogen and oxygen atoms in total. The van der Waals surface area contributed by atoms with E-state index in [9.17, 15) is 5.26 Å². The van der Waals surface area contributed by atoms with Crippen molar-refractivity contribution in [3.8, 4) is 17.6 Å². The van der Waals surface area contributed by atoms with E-state index in [1.165, 1.54) is 11.3 Å². The van der Waals surface area contributed by atoms with Gasteiger partial charge in [-0.1, -0.05) is 12.1 Å². The topological polar surface area (TPSA) is 123 Å². The number of thiophene rings is 1. The van der Waals surface area contributed by atoms with Crippen LogP contribution in [-0.2, 0) is 11.8 Å². The molecular formula is C27H30N8OS. The van der Waals surface area contributed by atoms with Crippen molar-refractivity contribution in [1.82, 2.24) is 29.8 Å². The minimum atomic E-state index is -0.361. The number of aromatic nitrogens is 5. The molecule has 0 bridgehead atoms. The van der Waals surface area contributed by atoms with Crippen molar-refractivity contribution in [3.63, 3.8) is 0 Å². The number of likely N-dealkylation sites (N-methyl/N-ethyl adjacent to an activating group) is 1. The molecule has 4 atom stereocenters. The molecule has 1 aliphatic heterocycles. The van der Waals surface area contributed by atoms with Gasteiger partial charge in [-0.15, -0.1) is 11.3 Å². The Bertz CT molecular complexity index is 1580. The molecule has 0 aromatic carbocycles. The third kappa shape index (κ3) is 3.10. The van der Waals surface area contributed by atoms with Gasteiger partial charge in [0.1, 0.15) is 11.1 Å². The number of fused-ring (bicyclic) bond motifs is 5. The second-order valence-corrected chi connectivity index (χ2v) is 12.1. The fourth-order valence-corrected chi connectivity index (χ4v) is 8.45. The van der Waals surface area contributed by atoms with Crippen molar-refractivity contribution < 1.29 is 4.52 Å². The second kappa shape index (κ2) is 8.10. The van der Waals surface area contributed by atoms with Crippen LogP contribution in [0.5, 0.6) is 0 Å². The summed E-state index contributed by atoms with van der Waals surface area (Å²) >= 11 is 1.55. The molecule has 1 fully saturated rings. The summed E-state index contributed by atoms with van der Waals surface area (Å²) in [6.07, 6.45) is 9.73. The highest BCUT2D eigenvalue weighted by Crippen LogP contribution is 2.60. The number of nitrogens with two attached hydrogens (primary N) is 1. The Morgan fingerprint density at radius 3 is 2.97 bits per heavy atom. The minimum Gasteiger partial charge on any atom is -0.389 e. The average molecular weight is 515 g/mol. The van der Waals surface area contributed by atoms with Gasteiger partial charge in [0.25, 0.3) is 0 Å². The van der Waals surface area contributed by atoms with Gasteiger partial charge in [-0.05, 0) is 65.0 Å². The normalized spacial score (nSPS) is 26.0. The van der Waals surface area contributed by atoms with Crippen LogP contribution in [0.1, 0.15) is 85.2 Å². The molecule has 0 saturated carbocycles. The number of rotatable bonds is 3. The van der Waals surface area contributed by atoms with Gasteiger partial charge in [0.05, 0.1) is 28.6 Å². The van der Waals surface area contributed by atoms with Crippen LogP contribution >= 0.6 is 11.3 Å². The van der Waals surface area contributed by atoms with E-state index in [0.29, 0.717) is 34.0 Å². The number of hydrogen-bond donors (Lipinski definition) is 1. The zero-order chi connectivity index (χ0) is 25.5. The quantitative estimate of drug-likeness (QED) is 0.414. The lowest BCUT2D eigenvalue weighted by Crippen LogP contribution is -2.33. The second-order valence-electron chi connectivity index (χ2n) is 11.1. The summed E-state index contributed by atoms with van der Waals surface area (Å²) in [7, 11) is 2.19. The molecule has 10 heteroatoms. The lowest BCUT2D eigenvalue weighted by atomic mass is 9.69. The molecule has 37 heavy (non-hydrogen) atoms. The number of likely N-dealkylation sites (tertiary alicyclic amines) is 1. The third-order valence-corrected chi connectivity index (χ3v) is 10.2. The van der Waals surface area contributed by atoms with Crippen LogP contribution in [0.2, 0.25) is 0 Å². The summed E-state index contributed by atoms with van der Waals surface area (Å²) in [5, 5.41) is 20.7. The monoisotopic (exact) mass is 514 g/mol. The molecule has 2 N–H and O–H groups in total. The highest BCUT2D eigenvalue weighted by Gasteiger charge is 2.52. The molecule has 7 rings (SSSR count). The Morgan fingerprint density at radius 1 is 1.32 bits per heavy atom. The molecular weight excluding hydrogens is 484 g/mol. The predicted octanol–water partition coefficient (Wildman–Crippen LogP) is 4.78. The lowest BCUT2D eigenvalue weighted by molar-refractivity contribution is 0.232. The summed E-state index contributed by atoms with van der Waals surface area (Å²) in [5.74, 6) is 1.76. The van der Waals surface area contributed by atoms with Gasteiger partial charge >= 0.3 is 0 Å². The molecule has 0 radical (unpaired) electrons. The fourth-order valence-electron chi connectivity index (χ4n) is 7.28. The van der Waals surface area contributed by atoms with Crippen molar-refractivity contribution in [1.29, 1.82) is 5.26 Å². The van der Waals surface area contributed by atoms with Crippen molar-refractivity contribution in [2.75, 3.05) is 19.3 Å². The van der Waals surface area contributed by atoms with E-state index < -0.39 is 0 Å². The summed E-state index contributed by atoms with van der Waals surface area (Å²) in [5.41, 5.74) is 10.2. The number of nitrogen functional groups attached to an aromatic ring is 1. The van der Waals surface area contributed by atoms with Crippen LogP contribution in [0.25, 0.3) is 22.6 Å². The fraction of sp³-hybridized carbons (Fsp3) is 0.519. The van der Waals surface area contributed by atoms with E-state index in [1.54, 1.807) is 11.3 Å². The highest BCUT2D eigenvalue weighted by molar-refractivity contribution is 7.16. The van der Waals surface area contributed by atoms with Gasteiger partial charge in [0.2, 0.25) is 0 Å². The lowest BCUT2D eigenvalue weighted by Gasteiger charge is -2.32. The molecule has 2 aliphatic carbocycles. The van der Waals surface area contributed by atoms with E-state index >= 15 is 0 Å². The van der Waals surface area contributed by atoms with E-state index in [4.69, 9.17) is 20.3 Å². The van der Waals surface area contributed by atoms with Crippen LogP contribution in [0, 0.1) is 11.3 Å². The summed E-state index contributed by atoms with van der Waals surface area (Å²) in [6, 6.07) is 3.02. The molecule has 1 spiro atoms. The van der Waals surface area contributed by atoms with Gasteiger partial charge in [-0.25, -0.2) is 14.6 Å². The average Bonchev–Trinajstić information content (AvgIpc) is 3.69. The Labute approximate surface area is 219 Å². The maximum absolute atomic E-state index is 9.95. The first-order chi connectivity index (χ1) is 17.9. The van der Waals surface area contributed by atoms with E-state index in [2.05, 4.69) is 42.0 Å². The molecule has 0 amide bonds.